The maximum Gasteiger partial charge on any atom is 0.274 e. The standard InChI is InChI=1S/C21H23N5O/c1-15-4-5-16(2)19(14-15)23-20-7-6-18(24-25-20)21(27)26(3)13-10-17-8-11-22-12-9-17/h4-9,11-12,14H,10,13H2,1-3H3,(H,23,25). The minimum atomic E-state index is -0.144. The average Bonchev–Trinajstić information content (AvgIpc) is 2.70. The highest BCUT2D eigenvalue weighted by Crippen LogP contribution is 2.20. The fourth-order valence-electron chi connectivity index (χ4n) is 2.66. The quantitative estimate of drug-likeness (QED) is 0.727. The van der Waals surface area contributed by atoms with Crippen LogP contribution in [0.15, 0.2) is 54.9 Å². The molecule has 2 heterocycles. The van der Waals surface area contributed by atoms with Gasteiger partial charge in [-0.15, -0.1) is 10.2 Å². The number of nitrogens with zero attached hydrogens (tertiary/aromatic N) is 4. The highest BCUT2D eigenvalue weighted by Gasteiger charge is 2.14. The predicted molar refractivity (Wildman–Crippen MR) is 106 cm³/mol. The number of hydrogen-bond donors (Lipinski definition) is 1. The lowest BCUT2D eigenvalue weighted by molar-refractivity contribution is 0.0789. The summed E-state index contributed by atoms with van der Waals surface area (Å²) in [6.45, 7) is 4.68. The van der Waals surface area contributed by atoms with E-state index in [0.29, 0.717) is 18.1 Å². The largest absolute Gasteiger partial charge is 0.340 e. The number of benzene rings is 1. The summed E-state index contributed by atoms with van der Waals surface area (Å²) in [7, 11) is 1.77. The molecule has 0 aliphatic carbocycles. The zero-order chi connectivity index (χ0) is 19.2. The number of rotatable bonds is 6. The molecule has 0 aliphatic heterocycles. The molecule has 1 amide bonds. The summed E-state index contributed by atoms with van der Waals surface area (Å²) in [4.78, 5) is 18.2. The Morgan fingerprint density at radius 2 is 1.81 bits per heavy atom. The van der Waals surface area contributed by atoms with E-state index >= 15 is 0 Å². The van der Waals surface area contributed by atoms with Gasteiger partial charge in [0, 0.05) is 31.7 Å². The Labute approximate surface area is 159 Å². The van der Waals surface area contributed by atoms with Gasteiger partial charge in [0.1, 0.15) is 0 Å². The molecule has 6 nitrogen and oxygen atoms in total. The van der Waals surface area contributed by atoms with Crippen LogP contribution in [-0.2, 0) is 6.42 Å². The van der Waals surface area contributed by atoms with Gasteiger partial charge in [0.25, 0.3) is 5.91 Å². The molecular formula is C21H23N5O. The van der Waals surface area contributed by atoms with Crippen LogP contribution in [0.3, 0.4) is 0 Å². The van der Waals surface area contributed by atoms with Crippen LogP contribution in [-0.4, -0.2) is 39.6 Å². The van der Waals surface area contributed by atoms with E-state index in [1.54, 1.807) is 36.5 Å². The van der Waals surface area contributed by atoms with Gasteiger partial charge in [0.15, 0.2) is 11.5 Å². The second-order valence-electron chi connectivity index (χ2n) is 6.58. The molecule has 1 aromatic carbocycles. The second kappa shape index (κ2) is 8.40. The van der Waals surface area contributed by atoms with E-state index < -0.39 is 0 Å². The van der Waals surface area contributed by atoms with Gasteiger partial charge in [-0.05, 0) is 67.3 Å². The van der Waals surface area contributed by atoms with Crippen LogP contribution in [0.2, 0.25) is 0 Å². The number of hydrogen-bond acceptors (Lipinski definition) is 5. The van der Waals surface area contributed by atoms with Crippen molar-refractivity contribution < 1.29 is 4.79 Å². The van der Waals surface area contributed by atoms with Crippen LogP contribution in [0.5, 0.6) is 0 Å². The Morgan fingerprint density at radius 3 is 2.52 bits per heavy atom. The molecule has 0 unspecified atom stereocenters. The topological polar surface area (TPSA) is 71.0 Å². The molecule has 138 valence electrons. The molecule has 3 rings (SSSR count). The molecule has 0 aliphatic rings. The number of carbonyl (C=O) groups is 1. The van der Waals surface area contributed by atoms with Crippen LogP contribution >= 0.6 is 0 Å². The van der Waals surface area contributed by atoms with Crippen molar-refractivity contribution in [1.82, 2.24) is 20.1 Å². The van der Waals surface area contributed by atoms with Gasteiger partial charge in [-0.2, -0.15) is 0 Å². The van der Waals surface area contributed by atoms with Crippen molar-refractivity contribution in [2.45, 2.75) is 20.3 Å². The van der Waals surface area contributed by atoms with E-state index in [0.717, 1.165) is 23.2 Å². The first-order valence-electron chi connectivity index (χ1n) is 8.85. The number of amides is 1. The molecule has 3 aromatic rings. The van der Waals surface area contributed by atoms with Crippen LogP contribution < -0.4 is 5.32 Å². The molecule has 0 saturated carbocycles. The third-order valence-electron chi connectivity index (χ3n) is 4.37. The number of likely N-dealkylation sites (N-methyl/N-ethyl adjacent to an activating group) is 1. The summed E-state index contributed by atoms with van der Waals surface area (Å²) in [6, 6.07) is 13.6. The normalized spacial score (nSPS) is 10.5. The van der Waals surface area contributed by atoms with E-state index in [1.165, 1.54) is 5.56 Å². The van der Waals surface area contributed by atoms with Gasteiger partial charge in [-0.1, -0.05) is 12.1 Å². The molecule has 0 bridgehead atoms. The lowest BCUT2D eigenvalue weighted by Crippen LogP contribution is -2.29. The maximum atomic E-state index is 12.5. The minimum Gasteiger partial charge on any atom is -0.340 e. The fraction of sp³-hybridized carbons (Fsp3) is 0.238. The van der Waals surface area contributed by atoms with E-state index in [1.807, 2.05) is 26.0 Å². The van der Waals surface area contributed by atoms with Gasteiger partial charge in [-0.3, -0.25) is 9.78 Å². The van der Waals surface area contributed by atoms with Gasteiger partial charge in [0.2, 0.25) is 0 Å². The Kier molecular flexibility index (Phi) is 5.76. The summed E-state index contributed by atoms with van der Waals surface area (Å²) in [5.41, 5.74) is 4.75. The monoisotopic (exact) mass is 361 g/mol. The number of pyridine rings is 1. The van der Waals surface area contributed by atoms with Gasteiger partial charge in [-0.25, -0.2) is 0 Å². The molecular weight excluding hydrogens is 338 g/mol. The maximum absolute atomic E-state index is 12.5. The molecule has 6 heteroatoms. The third kappa shape index (κ3) is 4.88. The first-order chi connectivity index (χ1) is 13.0. The summed E-state index contributed by atoms with van der Waals surface area (Å²) in [5, 5.41) is 11.5. The van der Waals surface area contributed by atoms with Crippen LogP contribution in [0, 0.1) is 13.8 Å². The first-order valence-corrected chi connectivity index (χ1v) is 8.85. The highest BCUT2D eigenvalue weighted by molar-refractivity contribution is 5.92. The van der Waals surface area contributed by atoms with Gasteiger partial charge < -0.3 is 10.2 Å². The van der Waals surface area contributed by atoms with Crippen molar-refractivity contribution in [3.63, 3.8) is 0 Å². The molecule has 0 atom stereocenters. The molecule has 0 fully saturated rings. The van der Waals surface area contributed by atoms with Crippen molar-refractivity contribution in [2.75, 3.05) is 18.9 Å². The van der Waals surface area contributed by atoms with E-state index in [4.69, 9.17) is 0 Å². The highest BCUT2D eigenvalue weighted by atomic mass is 16.2. The smallest absolute Gasteiger partial charge is 0.274 e. The Morgan fingerprint density at radius 1 is 1.04 bits per heavy atom. The Bertz CT molecular complexity index is 910. The second-order valence-corrected chi connectivity index (χ2v) is 6.58. The molecule has 27 heavy (non-hydrogen) atoms. The summed E-state index contributed by atoms with van der Waals surface area (Å²) >= 11 is 0. The summed E-state index contributed by atoms with van der Waals surface area (Å²) < 4.78 is 0. The zero-order valence-electron chi connectivity index (χ0n) is 15.8. The molecule has 1 N–H and O–H groups in total. The molecule has 0 saturated heterocycles. The van der Waals surface area contributed by atoms with Crippen LogP contribution in [0.4, 0.5) is 11.5 Å². The number of anilines is 2. The summed E-state index contributed by atoms with van der Waals surface area (Å²) in [6.07, 6.45) is 4.28. The minimum absolute atomic E-state index is 0.144. The lowest BCUT2D eigenvalue weighted by Gasteiger charge is -2.16. The van der Waals surface area contributed by atoms with Crippen molar-refractivity contribution in [3.8, 4) is 0 Å². The number of nitrogens with one attached hydrogen (secondary N) is 1. The van der Waals surface area contributed by atoms with Crippen LogP contribution in [0.25, 0.3) is 0 Å². The van der Waals surface area contributed by atoms with Crippen molar-refractivity contribution in [3.05, 3.63) is 77.2 Å². The number of aryl methyl sites for hydroxylation is 2. The fourth-order valence-corrected chi connectivity index (χ4v) is 2.66. The Hall–Kier alpha value is -3.28. The van der Waals surface area contributed by atoms with Crippen molar-refractivity contribution >= 4 is 17.4 Å². The SMILES string of the molecule is Cc1ccc(C)c(Nc2ccc(C(=O)N(C)CCc3ccncc3)nn2)c1. The van der Waals surface area contributed by atoms with Crippen molar-refractivity contribution in [2.24, 2.45) is 0 Å². The molecule has 0 radical (unpaired) electrons. The lowest BCUT2D eigenvalue weighted by atomic mass is 10.1. The number of carbonyl (C=O) groups excluding carboxylic acids is 1. The predicted octanol–water partition coefficient (Wildman–Crippen LogP) is 3.55. The van der Waals surface area contributed by atoms with Crippen LogP contribution in [0.1, 0.15) is 27.2 Å². The van der Waals surface area contributed by atoms with E-state index in [-0.39, 0.29) is 5.91 Å². The Balaban J connectivity index is 1.62. The van der Waals surface area contributed by atoms with E-state index in [9.17, 15) is 4.79 Å². The number of aromatic nitrogens is 3. The molecule has 2 aromatic heterocycles. The first kappa shape index (κ1) is 18.5. The zero-order valence-corrected chi connectivity index (χ0v) is 15.8. The average molecular weight is 361 g/mol. The van der Waals surface area contributed by atoms with Gasteiger partial charge >= 0.3 is 0 Å². The van der Waals surface area contributed by atoms with Gasteiger partial charge in [0.05, 0.1) is 0 Å². The van der Waals surface area contributed by atoms with Crippen molar-refractivity contribution in [1.29, 1.82) is 0 Å². The third-order valence-corrected chi connectivity index (χ3v) is 4.37. The summed E-state index contributed by atoms with van der Waals surface area (Å²) in [5.74, 6) is 0.467. The molecule has 0 spiro atoms. The van der Waals surface area contributed by atoms with E-state index in [2.05, 4.69) is 38.7 Å².